The van der Waals surface area contributed by atoms with Gasteiger partial charge in [0.2, 0.25) is 0 Å². The van der Waals surface area contributed by atoms with Crippen LogP contribution in [0.3, 0.4) is 0 Å². The van der Waals surface area contributed by atoms with Gasteiger partial charge in [-0.1, -0.05) is 12.1 Å². The summed E-state index contributed by atoms with van der Waals surface area (Å²) in [5, 5.41) is 12.4. The molecule has 0 aliphatic carbocycles. The monoisotopic (exact) mass is 284 g/mol. The van der Waals surface area contributed by atoms with Crippen LogP contribution >= 0.6 is 0 Å². The molecule has 3 rings (SSSR count). The van der Waals surface area contributed by atoms with Gasteiger partial charge in [0, 0.05) is 35.7 Å². The van der Waals surface area contributed by atoms with Gasteiger partial charge in [-0.25, -0.2) is 0 Å². The van der Waals surface area contributed by atoms with Gasteiger partial charge in [0.15, 0.2) is 6.10 Å². The Bertz CT molecular complexity index is 700. The SMILES string of the molecule is COc1cccc(N(C)c2ccc3c(c2)NC(=O)C3O)c1. The summed E-state index contributed by atoms with van der Waals surface area (Å²) >= 11 is 0. The maximum absolute atomic E-state index is 11.5. The maximum Gasteiger partial charge on any atom is 0.257 e. The predicted molar refractivity (Wildman–Crippen MR) is 81.1 cm³/mol. The van der Waals surface area contributed by atoms with Crippen LogP contribution in [0, 0.1) is 0 Å². The van der Waals surface area contributed by atoms with E-state index in [0.717, 1.165) is 17.1 Å². The molecule has 2 aromatic carbocycles. The van der Waals surface area contributed by atoms with Crippen molar-refractivity contribution in [2.45, 2.75) is 6.10 Å². The van der Waals surface area contributed by atoms with Gasteiger partial charge in [0.05, 0.1) is 7.11 Å². The van der Waals surface area contributed by atoms with Crippen molar-refractivity contribution >= 4 is 23.0 Å². The van der Waals surface area contributed by atoms with Crippen molar-refractivity contribution in [3.63, 3.8) is 0 Å². The molecule has 0 fully saturated rings. The standard InChI is InChI=1S/C16H16N2O3/c1-18(10-4-3-5-12(8-10)21-2)11-6-7-13-14(9-11)17-16(20)15(13)19/h3-9,15,19H,1-2H3,(H,17,20). The summed E-state index contributed by atoms with van der Waals surface area (Å²) in [4.78, 5) is 13.5. The van der Waals surface area contributed by atoms with Crippen molar-refractivity contribution in [1.82, 2.24) is 0 Å². The van der Waals surface area contributed by atoms with E-state index >= 15 is 0 Å². The Morgan fingerprint density at radius 2 is 1.95 bits per heavy atom. The molecule has 0 saturated carbocycles. The maximum atomic E-state index is 11.5. The number of nitrogens with zero attached hydrogens (tertiary/aromatic N) is 1. The highest BCUT2D eigenvalue weighted by atomic mass is 16.5. The van der Waals surface area contributed by atoms with Crippen LogP contribution in [-0.4, -0.2) is 25.2 Å². The van der Waals surface area contributed by atoms with Crippen molar-refractivity contribution in [3.05, 3.63) is 48.0 Å². The van der Waals surface area contributed by atoms with Gasteiger partial charge in [0.25, 0.3) is 5.91 Å². The zero-order valence-corrected chi connectivity index (χ0v) is 11.8. The number of anilines is 3. The van der Waals surface area contributed by atoms with E-state index in [0.29, 0.717) is 11.3 Å². The second kappa shape index (κ2) is 5.10. The third-order valence-corrected chi connectivity index (χ3v) is 3.67. The van der Waals surface area contributed by atoms with Crippen molar-refractivity contribution in [2.24, 2.45) is 0 Å². The fraction of sp³-hybridized carbons (Fsp3) is 0.188. The molecule has 2 aromatic rings. The molecule has 0 bridgehead atoms. The summed E-state index contributed by atoms with van der Waals surface area (Å²) in [5.74, 6) is 0.399. The summed E-state index contributed by atoms with van der Waals surface area (Å²) in [6.45, 7) is 0. The Hall–Kier alpha value is -2.53. The highest BCUT2D eigenvalue weighted by Gasteiger charge is 2.28. The summed E-state index contributed by atoms with van der Waals surface area (Å²) < 4.78 is 5.23. The number of methoxy groups -OCH3 is 1. The molecule has 1 heterocycles. The third-order valence-electron chi connectivity index (χ3n) is 3.67. The molecule has 1 unspecified atom stereocenters. The Morgan fingerprint density at radius 1 is 1.19 bits per heavy atom. The fourth-order valence-electron chi connectivity index (χ4n) is 2.41. The molecule has 1 aliphatic rings. The van der Waals surface area contributed by atoms with E-state index in [1.807, 2.05) is 48.3 Å². The van der Waals surface area contributed by atoms with Gasteiger partial charge in [-0.3, -0.25) is 4.79 Å². The molecule has 5 heteroatoms. The average molecular weight is 284 g/mol. The first-order valence-electron chi connectivity index (χ1n) is 6.61. The second-order valence-corrected chi connectivity index (χ2v) is 4.92. The van der Waals surface area contributed by atoms with E-state index in [1.54, 1.807) is 13.2 Å². The lowest BCUT2D eigenvalue weighted by Crippen LogP contribution is -2.10. The van der Waals surface area contributed by atoms with Gasteiger partial charge in [0.1, 0.15) is 5.75 Å². The van der Waals surface area contributed by atoms with Crippen LogP contribution in [0.4, 0.5) is 17.1 Å². The van der Waals surface area contributed by atoms with E-state index in [-0.39, 0.29) is 5.91 Å². The lowest BCUT2D eigenvalue weighted by atomic mass is 10.1. The molecule has 1 amide bonds. The first-order chi connectivity index (χ1) is 10.1. The number of amides is 1. The smallest absolute Gasteiger partial charge is 0.257 e. The number of aliphatic hydroxyl groups is 1. The molecule has 1 atom stereocenters. The minimum atomic E-state index is -1.07. The van der Waals surface area contributed by atoms with Gasteiger partial charge in [-0.15, -0.1) is 0 Å². The first-order valence-corrected chi connectivity index (χ1v) is 6.61. The van der Waals surface area contributed by atoms with Gasteiger partial charge >= 0.3 is 0 Å². The van der Waals surface area contributed by atoms with E-state index in [1.165, 1.54) is 0 Å². The van der Waals surface area contributed by atoms with Crippen LogP contribution in [0.2, 0.25) is 0 Å². The fourth-order valence-corrected chi connectivity index (χ4v) is 2.41. The number of ether oxygens (including phenoxy) is 1. The molecular formula is C16H16N2O3. The van der Waals surface area contributed by atoms with E-state index in [9.17, 15) is 9.90 Å². The first kappa shape index (κ1) is 13.5. The number of carbonyl (C=O) groups excluding carboxylic acids is 1. The summed E-state index contributed by atoms with van der Waals surface area (Å²) in [5.41, 5.74) is 3.15. The lowest BCUT2D eigenvalue weighted by Gasteiger charge is -2.20. The van der Waals surface area contributed by atoms with Gasteiger partial charge in [-0.2, -0.15) is 0 Å². The molecule has 0 aromatic heterocycles. The number of aliphatic hydroxyl groups excluding tert-OH is 1. The van der Waals surface area contributed by atoms with Crippen LogP contribution in [-0.2, 0) is 4.79 Å². The highest BCUT2D eigenvalue weighted by Crippen LogP contribution is 2.35. The average Bonchev–Trinajstić information content (AvgIpc) is 2.81. The van der Waals surface area contributed by atoms with Crippen molar-refractivity contribution in [1.29, 1.82) is 0 Å². The number of nitrogens with one attached hydrogen (secondary N) is 1. The van der Waals surface area contributed by atoms with Gasteiger partial charge < -0.3 is 20.1 Å². The topological polar surface area (TPSA) is 61.8 Å². The number of benzene rings is 2. The van der Waals surface area contributed by atoms with Crippen LogP contribution in [0.15, 0.2) is 42.5 Å². The predicted octanol–water partition coefficient (Wildman–Crippen LogP) is 2.45. The Morgan fingerprint density at radius 3 is 2.71 bits per heavy atom. The molecule has 1 aliphatic heterocycles. The van der Waals surface area contributed by atoms with Crippen LogP contribution in [0.1, 0.15) is 11.7 Å². The summed E-state index contributed by atoms with van der Waals surface area (Å²) in [6.07, 6.45) is -1.07. The third kappa shape index (κ3) is 2.32. The Labute approximate surface area is 122 Å². The minimum absolute atomic E-state index is 0.383. The largest absolute Gasteiger partial charge is 0.497 e. The molecule has 108 valence electrons. The number of hydrogen-bond acceptors (Lipinski definition) is 4. The molecule has 0 saturated heterocycles. The molecule has 5 nitrogen and oxygen atoms in total. The van der Waals surface area contributed by atoms with Crippen molar-refractivity contribution < 1.29 is 14.6 Å². The summed E-state index contributed by atoms with van der Waals surface area (Å²) in [7, 11) is 3.56. The quantitative estimate of drug-likeness (QED) is 0.909. The Balaban J connectivity index is 1.94. The summed E-state index contributed by atoms with van der Waals surface area (Å²) in [6, 6.07) is 13.2. The molecule has 21 heavy (non-hydrogen) atoms. The minimum Gasteiger partial charge on any atom is -0.497 e. The molecular weight excluding hydrogens is 268 g/mol. The number of hydrogen-bond donors (Lipinski definition) is 2. The van der Waals surface area contributed by atoms with Crippen molar-refractivity contribution in [3.8, 4) is 5.75 Å². The zero-order valence-electron chi connectivity index (χ0n) is 11.8. The van der Waals surface area contributed by atoms with E-state index in [4.69, 9.17) is 4.74 Å². The van der Waals surface area contributed by atoms with Crippen LogP contribution in [0.5, 0.6) is 5.75 Å². The normalized spacial score (nSPS) is 16.3. The van der Waals surface area contributed by atoms with Crippen LogP contribution in [0.25, 0.3) is 0 Å². The van der Waals surface area contributed by atoms with E-state index < -0.39 is 6.10 Å². The lowest BCUT2D eigenvalue weighted by molar-refractivity contribution is -0.123. The molecule has 0 spiro atoms. The van der Waals surface area contributed by atoms with Crippen LogP contribution < -0.4 is 15.0 Å². The molecule has 2 N–H and O–H groups in total. The number of carbonyl (C=O) groups is 1. The van der Waals surface area contributed by atoms with Gasteiger partial charge in [-0.05, 0) is 24.3 Å². The number of rotatable bonds is 3. The van der Waals surface area contributed by atoms with Crippen molar-refractivity contribution in [2.75, 3.05) is 24.4 Å². The second-order valence-electron chi connectivity index (χ2n) is 4.92. The zero-order chi connectivity index (χ0) is 15.0. The Kier molecular flexibility index (Phi) is 3.27. The molecule has 0 radical (unpaired) electrons. The van der Waals surface area contributed by atoms with E-state index in [2.05, 4.69) is 5.32 Å². The number of fused-ring (bicyclic) bond motifs is 1. The highest BCUT2D eigenvalue weighted by molar-refractivity contribution is 6.02.